The highest BCUT2D eigenvalue weighted by Gasteiger charge is 2.46. The van der Waals surface area contributed by atoms with Crippen LogP contribution in [0.25, 0.3) is 22.3 Å². The van der Waals surface area contributed by atoms with E-state index in [1.807, 2.05) is 0 Å². The van der Waals surface area contributed by atoms with Crippen molar-refractivity contribution in [1.29, 1.82) is 0 Å². The Kier molecular flexibility index (Phi) is 8.77. The van der Waals surface area contributed by atoms with E-state index in [1.165, 1.54) is 24.3 Å². The van der Waals surface area contributed by atoms with Gasteiger partial charge in [0.05, 0.1) is 13.2 Å². The molecule has 0 saturated carbocycles. The predicted octanol–water partition coefficient (Wildman–Crippen LogP) is -2.77. The SMILES string of the molecule is O=c1c(O)c(-c2ccc(O[C@@H]3OC(CO)[C@@H](O)[C@H](O)C3O)cc2)oc2cc(O[C@@H]3OC(CO)[C@@H](O)[C@H](O)C3O)cc(O)c12. The van der Waals surface area contributed by atoms with Crippen LogP contribution in [-0.2, 0) is 9.47 Å². The Morgan fingerprint density at radius 1 is 0.674 bits per heavy atom. The van der Waals surface area contributed by atoms with Gasteiger partial charge in [0.15, 0.2) is 5.76 Å². The fraction of sp³-hybridized carbons (Fsp3) is 0.444. The minimum atomic E-state index is -1.75. The van der Waals surface area contributed by atoms with Gasteiger partial charge in [-0.3, -0.25) is 4.79 Å². The van der Waals surface area contributed by atoms with Crippen molar-refractivity contribution in [2.75, 3.05) is 13.2 Å². The Bertz CT molecular complexity index is 1490. The van der Waals surface area contributed by atoms with Gasteiger partial charge in [0.1, 0.15) is 77.0 Å². The molecule has 2 aromatic carbocycles. The van der Waals surface area contributed by atoms with Crippen LogP contribution in [0.4, 0.5) is 0 Å². The maximum Gasteiger partial charge on any atom is 0.238 e. The van der Waals surface area contributed by atoms with Crippen molar-refractivity contribution in [1.82, 2.24) is 0 Å². The van der Waals surface area contributed by atoms with E-state index >= 15 is 0 Å². The van der Waals surface area contributed by atoms with E-state index in [9.17, 15) is 55.9 Å². The van der Waals surface area contributed by atoms with Crippen molar-refractivity contribution in [2.45, 2.75) is 61.4 Å². The summed E-state index contributed by atoms with van der Waals surface area (Å²) >= 11 is 0. The molecule has 4 unspecified atom stereocenters. The summed E-state index contributed by atoms with van der Waals surface area (Å²) in [7, 11) is 0. The monoisotopic (exact) mass is 610 g/mol. The number of fused-ring (bicyclic) bond motifs is 1. The largest absolute Gasteiger partial charge is 0.507 e. The van der Waals surface area contributed by atoms with Crippen molar-refractivity contribution >= 4 is 11.0 Å². The molecular weight excluding hydrogens is 580 g/mol. The molecule has 234 valence electrons. The molecule has 10 N–H and O–H groups in total. The zero-order valence-corrected chi connectivity index (χ0v) is 22.1. The zero-order valence-electron chi connectivity index (χ0n) is 22.1. The first-order valence-electron chi connectivity index (χ1n) is 13.0. The van der Waals surface area contributed by atoms with Crippen LogP contribution in [0.3, 0.4) is 0 Å². The van der Waals surface area contributed by atoms with Gasteiger partial charge < -0.3 is 74.4 Å². The van der Waals surface area contributed by atoms with Crippen LogP contribution in [0.1, 0.15) is 0 Å². The number of phenolic OH excluding ortho intramolecular Hbond substituents is 1. The lowest BCUT2D eigenvalue weighted by Gasteiger charge is -2.39. The molecular formula is C27H30O16. The molecule has 3 aromatic rings. The molecule has 43 heavy (non-hydrogen) atoms. The minimum absolute atomic E-state index is 0.101. The number of ether oxygens (including phenoxy) is 4. The number of benzene rings is 2. The lowest BCUT2D eigenvalue weighted by Crippen LogP contribution is -2.60. The van der Waals surface area contributed by atoms with E-state index in [-0.39, 0.29) is 28.4 Å². The summed E-state index contributed by atoms with van der Waals surface area (Å²) in [4.78, 5) is 12.9. The summed E-state index contributed by atoms with van der Waals surface area (Å²) in [5.74, 6) is -1.91. The van der Waals surface area contributed by atoms with Crippen molar-refractivity contribution in [3.63, 3.8) is 0 Å². The maximum absolute atomic E-state index is 12.9. The van der Waals surface area contributed by atoms with E-state index in [0.29, 0.717) is 0 Å². The van der Waals surface area contributed by atoms with Crippen LogP contribution in [-0.4, -0.2) is 126 Å². The standard InChI is InChI=1S/C27H30O16/c28-7-14-17(31)20(34)23(37)26(42-14)39-10-3-1-9(2-4-10)25-22(36)19(33)16-12(30)5-11(6-13(16)41-25)40-27-24(38)21(35)18(32)15(8-29)43-27/h1-6,14-15,17-18,20-21,23-24,26-32,34-38H,7-8H2/t14?,15?,17-,18-,20+,21+,23?,24?,26-,27-/m1/s1. The molecule has 1 aromatic heterocycles. The molecule has 3 heterocycles. The number of aromatic hydroxyl groups is 2. The van der Waals surface area contributed by atoms with Gasteiger partial charge in [-0.05, 0) is 24.3 Å². The molecule has 10 atom stereocenters. The summed E-state index contributed by atoms with van der Waals surface area (Å²) in [6.45, 7) is -1.34. The van der Waals surface area contributed by atoms with Crippen molar-refractivity contribution in [2.24, 2.45) is 0 Å². The number of hydrogen-bond donors (Lipinski definition) is 10. The number of aliphatic hydroxyl groups is 8. The van der Waals surface area contributed by atoms with Crippen LogP contribution >= 0.6 is 0 Å². The quantitative estimate of drug-likeness (QED) is 0.130. The van der Waals surface area contributed by atoms with E-state index in [2.05, 4.69) is 0 Å². The Balaban J connectivity index is 1.41. The first-order chi connectivity index (χ1) is 20.4. The van der Waals surface area contributed by atoms with Crippen molar-refractivity contribution in [3.05, 3.63) is 46.6 Å². The van der Waals surface area contributed by atoms with Gasteiger partial charge in [-0.25, -0.2) is 0 Å². The normalized spacial score (nSPS) is 32.9. The number of hydrogen-bond acceptors (Lipinski definition) is 16. The topological polar surface area (TPSA) is 269 Å². The molecule has 0 bridgehead atoms. The fourth-order valence-corrected chi connectivity index (χ4v) is 4.81. The third-order valence-electron chi connectivity index (χ3n) is 7.24. The summed E-state index contributed by atoms with van der Waals surface area (Å²) in [5.41, 5.74) is -1.08. The third-order valence-corrected chi connectivity index (χ3v) is 7.24. The molecule has 2 aliphatic heterocycles. The number of aliphatic hydroxyl groups excluding tert-OH is 8. The second-order valence-electron chi connectivity index (χ2n) is 10.1. The lowest BCUT2D eigenvalue weighted by molar-refractivity contribution is -0.277. The van der Waals surface area contributed by atoms with E-state index in [1.54, 1.807) is 0 Å². The van der Waals surface area contributed by atoms with Crippen LogP contribution in [0.2, 0.25) is 0 Å². The smallest absolute Gasteiger partial charge is 0.238 e. The second kappa shape index (κ2) is 12.2. The van der Waals surface area contributed by atoms with E-state index in [0.717, 1.165) is 12.1 Å². The molecule has 0 spiro atoms. The Hall–Kier alpha value is -3.55. The first-order valence-corrected chi connectivity index (χ1v) is 13.0. The summed E-state index contributed by atoms with van der Waals surface area (Å²) in [6.07, 6.45) is -15.4. The summed E-state index contributed by atoms with van der Waals surface area (Å²) in [6, 6.07) is 7.59. The summed E-state index contributed by atoms with van der Waals surface area (Å²) in [5, 5.41) is 99.7. The predicted molar refractivity (Wildman–Crippen MR) is 140 cm³/mol. The fourth-order valence-electron chi connectivity index (χ4n) is 4.81. The van der Waals surface area contributed by atoms with E-state index in [4.69, 9.17) is 23.4 Å². The van der Waals surface area contributed by atoms with Crippen LogP contribution in [0, 0.1) is 0 Å². The molecule has 2 saturated heterocycles. The van der Waals surface area contributed by atoms with E-state index < -0.39 is 96.9 Å². The van der Waals surface area contributed by atoms with Crippen molar-refractivity contribution < 1.29 is 74.4 Å². The van der Waals surface area contributed by atoms with Gasteiger partial charge >= 0.3 is 0 Å². The van der Waals surface area contributed by atoms with Gasteiger partial charge in [-0.15, -0.1) is 0 Å². The molecule has 0 radical (unpaired) electrons. The molecule has 16 heteroatoms. The number of rotatable bonds is 7. The van der Waals surface area contributed by atoms with Crippen molar-refractivity contribution in [3.8, 4) is 34.3 Å². The zero-order chi connectivity index (χ0) is 31.2. The Morgan fingerprint density at radius 2 is 1.19 bits per heavy atom. The van der Waals surface area contributed by atoms with Crippen LogP contribution in [0.15, 0.2) is 45.6 Å². The average Bonchev–Trinajstić information content (AvgIpc) is 2.99. The van der Waals surface area contributed by atoms with Gasteiger partial charge in [0.25, 0.3) is 0 Å². The molecule has 5 rings (SSSR count). The Labute approximate surface area is 241 Å². The molecule has 2 aliphatic rings. The van der Waals surface area contributed by atoms with Gasteiger partial charge in [-0.1, -0.05) is 0 Å². The van der Waals surface area contributed by atoms with Gasteiger partial charge in [-0.2, -0.15) is 0 Å². The highest BCUT2D eigenvalue weighted by atomic mass is 16.7. The lowest BCUT2D eigenvalue weighted by atomic mass is 9.99. The van der Waals surface area contributed by atoms with Crippen LogP contribution in [0.5, 0.6) is 23.0 Å². The van der Waals surface area contributed by atoms with Crippen LogP contribution < -0.4 is 14.9 Å². The minimum Gasteiger partial charge on any atom is -0.507 e. The highest BCUT2D eigenvalue weighted by molar-refractivity contribution is 5.88. The molecule has 16 nitrogen and oxygen atoms in total. The second-order valence-corrected chi connectivity index (χ2v) is 10.1. The van der Waals surface area contributed by atoms with Gasteiger partial charge in [0, 0.05) is 17.7 Å². The first kappa shape index (κ1) is 30.9. The maximum atomic E-state index is 12.9. The highest BCUT2D eigenvalue weighted by Crippen LogP contribution is 2.37. The molecule has 2 fully saturated rings. The van der Waals surface area contributed by atoms with Gasteiger partial charge in [0.2, 0.25) is 23.8 Å². The third kappa shape index (κ3) is 5.73. The molecule has 0 aliphatic carbocycles. The molecule has 0 amide bonds. The average molecular weight is 611 g/mol. The summed E-state index contributed by atoms with van der Waals surface area (Å²) < 4.78 is 27.4. The number of phenols is 1. The Morgan fingerprint density at radius 3 is 1.70 bits per heavy atom.